The van der Waals surface area contributed by atoms with E-state index in [2.05, 4.69) is 12.1 Å². The van der Waals surface area contributed by atoms with Crippen molar-refractivity contribution in [2.45, 2.75) is 6.42 Å². The van der Waals surface area contributed by atoms with Crippen molar-refractivity contribution in [2.24, 2.45) is 0 Å². The lowest BCUT2D eigenvalue weighted by atomic mass is 10.1. The molecule has 0 aromatic heterocycles. The highest BCUT2D eigenvalue weighted by Gasteiger charge is 2.28. The number of carbonyl (C=O) groups excluding carboxylic acids is 1. The van der Waals surface area contributed by atoms with Crippen molar-refractivity contribution in [3.63, 3.8) is 0 Å². The molecule has 1 saturated heterocycles. The van der Waals surface area contributed by atoms with Crippen LogP contribution in [0.5, 0.6) is 0 Å². The van der Waals surface area contributed by atoms with E-state index < -0.39 is 0 Å². The summed E-state index contributed by atoms with van der Waals surface area (Å²) >= 11 is 0. The maximum absolute atomic E-state index is 12.4. The Morgan fingerprint density at radius 3 is 2.38 bits per heavy atom. The minimum absolute atomic E-state index is 0.0794. The van der Waals surface area contributed by atoms with Crippen LogP contribution in [0.15, 0.2) is 54.6 Å². The molecule has 1 fully saturated rings. The van der Waals surface area contributed by atoms with E-state index in [1.807, 2.05) is 52.3 Å². The van der Waals surface area contributed by atoms with Crippen LogP contribution in [0.3, 0.4) is 0 Å². The molecule has 0 radical (unpaired) electrons. The Morgan fingerprint density at radius 1 is 0.952 bits per heavy atom. The summed E-state index contributed by atoms with van der Waals surface area (Å²) in [6.45, 7) is 2.27. The second-order valence-corrected chi connectivity index (χ2v) is 5.25. The maximum Gasteiger partial charge on any atom is 0.324 e. The average molecular weight is 281 g/mol. The van der Waals surface area contributed by atoms with Gasteiger partial charge in [-0.2, -0.15) is 0 Å². The number of amides is 2. The molecule has 0 bridgehead atoms. The molecule has 1 aliphatic heterocycles. The summed E-state index contributed by atoms with van der Waals surface area (Å²) in [7, 11) is 0. The van der Waals surface area contributed by atoms with Crippen molar-refractivity contribution >= 4 is 17.4 Å². The van der Waals surface area contributed by atoms with Crippen molar-refractivity contribution in [1.29, 1.82) is 0 Å². The summed E-state index contributed by atoms with van der Waals surface area (Å²) in [4.78, 5) is 16.1. The Labute approximate surface area is 124 Å². The van der Waals surface area contributed by atoms with Gasteiger partial charge in [-0.1, -0.05) is 30.3 Å². The lowest BCUT2D eigenvalue weighted by molar-refractivity contribution is 0.221. The summed E-state index contributed by atoms with van der Waals surface area (Å²) in [5.41, 5.74) is 8.57. The first-order valence-corrected chi connectivity index (χ1v) is 7.20. The Morgan fingerprint density at radius 2 is 1.67 bits per heavy atom. The Hall–Kier alpha value is -2.49. The van der Waals surface area contributed by atoms with Crippen molar-refractivity contribution in [1.82, 2.24) is 4.90 Å². The van der Waals surface area contributed by atoms with E-state index in [0.717, 1.165) is 31.7 Å². The van der Waals surface area contributed by atoms with E-state index in [0.29, 0.717) is 5.69 Å². The number of anilines is 2. The monoisotopic (exact) mass is 281 g/mol. The molecule has 1 aliphatic rings. The largest absolute Gasteiger partial charge is 0.399 e. The molecule has 2 amide bonds. The molecule has 0 saturated carbocycles. The molecule has 2 N–H and O–H groups in total. The molecule has 0 aliphatic carbocycles. The standard InChI is InChI=1S/C17H19N3O/c18-15-6-8-16(9-7-15)20-13-12-19(17(20)21)11-10-14-4-2-1-3-5-14/h1-9H,10-13,18H2. The highest BCUT2D eigenvalue weighted by molar-refractivity contribution is 5.94. The molecule has 0 spiro atoms. The molecule has 1 heterocycles. The summed E-state index contributed by atoms with van der Waals surface area (Å²) in [6.07, 6.45) is 0.891. The molecular weight excluding hydrogens is 262 g/mol. The van der Waals surface area contributed by atoms with E-state index in [9.17, 15) is 4.79 Å². The first-order chi connectivity index (χ1) is 10.2. The van der Waals surface area contributed by atoms with Gasteiger partial charge in [-0.05, 0) is 36.2 Å². The number of nitrogens with two attached hydrogens (primary N) is 1. The molecule has 4 nitrogen and oxygen atoms in total. The topological polar surface area (TPSA) is 49.6 Å². The molecule has 21 heavy (non-hydrogen) atoms. The van der Waals surface area contributed by atoms with Crippen molar-refractivity contribution in [3.8, 4) is 0 Å². The lowest BCUT2D eigenvalue weighted by Gasteiger charge is -2.18. The molecule has 0 atom stereocenters. The first-order valence-electron chi connectivity index (χ1n) is 7.20. The fourth-order valence-corrected chi connectivity index (χ4v) is 2.59. The van der Waals surface area contributed by atoms with Crippen LogP contribution in [0.25, 0.3) is 0 Å². The van der Waals surface area contributed by atoms with Crippen molar-refractivity contribution in [3.05, 3.63) is 60.2 Å². The van der Waals surface area contributed by atoms with Gasteiger partial charge >= 0.3 is 6.03 Å². The average Bonchev–Trinajstić information content (AvgIpc) is 2.88. The van der Waals surface area contributed by atoms with Gasteiger partial charge in [0.05, 0.1) is 0 Å². The third-order valence-electron chi connectivity index (χ3n) is 3.81. The van der Waals surface area contributed by atoms with Gasteiger partial charge in [0.25, 0.3) is 0 Å². The van der Waals surface area contributed by atoms with Gasteiger partial charge in [0, 0.05) is 31.0 Å². The normalized spacial score (nSPS) is 14.8. The number of hydrogen-bond donors (Lipinski definition) is 1. The second-order valence-electron chi connectivity index (χ2n) is 5.25. The minimum Gasteiger partial charge on any atom is -0.399 e. The van der Waals surface area contributed by atoms with Crippen LogP contribution in [0.2, 0.25) is 0 Å². The van der Waals surface area contributed by atoms with Gasteiger partial charge < -0.3 is 10.6 Å². The third-order valence-corrected chi connectivity index (χ3v) is 3.81. The number of urea groups is 1. The number of nitrogen functional groups attached to an aromatic ring is 1. The molecular formula is C17H19N3O. The predicted octanol–water partition coefficient (Wildman–Crippen LogP) is 2.75. The highest BCUT2D eigenvalue weighted by atomic mass is 16.2. The van der Waals surface area contributed by atoms with Gasteiger partial charge in [0.2, 0.25) is 0 Å². The minimum atomic E-state index is 0.0794. The van der Waals surface area contributed by atoms with Gasteiger partial charge in [0.15, 0.2) is 0 Å². The summed E-state index contributed by atoms with van der Waals surface area (Å²) in [5.74, 6) is 0. The van der Waals surface area contributed by atoms with E-state index in [-0.39, 0.29) is 6.03 Å². The number of rotatable bonds is 4. The molecule has 3 rings (SSSR count). The van der Waals surface area contributed by atoms with Crippen LogP contribution < -0.4 is 10.6 Å². The van der Waals surface area contributed by atoms with Gasteiger partial charge in [-0.3, -0.25) is 4.90 Å². The second kappa shape index (κ2) is 5.87. The summed E-state index contributed by atoms with van der Waals surface area (Å²) in [6, 6.07) is 17.8. The molecule has 108 valence electrons. The molecule has 0 unspecified atom stereocenters. The van der Waals surface area contributed by atoms with Crippen LogP contribution >= 0.6 is 0 Å². The van der Waals surface area contributed by atoms with E-state index in [1.54, 1.807) is 0 Å². The van der Waals surface area contributed by atoms with Gasteiger partial charge in [0.1, 0.15) is 0 Å². The summed E-state index contributed by atoms with van der Waals surface area (Å²) < 4.78 is 0. The van der Waals surface area contributed by atoms with E-state index >= 15 is 0 Å². The molecule has 2 aromatic carbocycles. The third kappa shape index (κ3) is 2.99. The van der Waals surface area contributed by atoms with Crippen molar-refractivity contribution < 1.29 is 4.79 Å². The van der Waals surface area contributed by atoms with Crippen LogP contribution in [0, 0.1) is 0 Å². The zero-order chi connectivity index (χ0) is 14.7. The quantitative estimate of drug-likeness (QED) is 0.876. The fraction of sp³-hybridized carbons (Fsp3) is 0.235. The first kappa shape index (κ1) is 13.5. The summed E-state index contributed by atoms with van der Waals surface area (Å²) in [5, 5.41) is 0. The van der Waals surface area contributed by atoms with E-state index in [4.69, 9.17) is 5.73 Å². The number of nitrogens with zero attached hydrogens (tertiary/aromatic N) is 2. The zero-order valence-electron chi connectivity index (χ0n) is 11.9. The number of benzene rings is 2. The molecule has 2 aromatic rings. The van der Waals surface area contributed by atoms with Crippen LogP contribution in [0.1, 0.15) is 5.56 Å². The maximum atomic E-state index is 12.4. The van der Waals surface area contributed by atoms with Gasteiger partial charge in [-0.25, -0.2) is 4.79 Å². The van der Waals surface area contributed by atoms with Gasteiger partial charge in [-0.15, -0.1) is 0 Å². The highest BCUT2D eigenvalue weighted by Crippen LogP contribution is 2.21. The van der Waals surface area contributed by atoms with Crippen molar-refractivity contribution in [2.75, 3.05) is 30.3 Å². The Balaban J connectivity index is 1.62. The number of carbonyl (C=O) groups is 1. The number of hydrogen-bond acceptors (Lipinski definition) is 2. The lowest BCUT2D eigenvalue weighted by Crippen LogP contribution is -2.33. The fourth-order valence-electron chi connectivity index (χ4n) is 2.59. The molecule has 4 heteroatoms. The van der Waals surface area contributed by atoms with Crippen LogP contribution in [0.4, 0.5) is 16.2 Å². The Bertz CT molecular complexity index is 610. The zero-order valence-corrected chi connectivity index (χ0v) is 11.9. The smallest absolute Gasteiger partial charge is 0.324 e. The van der Waals surface area contributed by atoms with Crippen LogP contribution in [-0.4, -0.2) is 30.6 Å². The Kier molecular flexibility index (Phi) is 3.77. The van der Waals surface area contributed by atoms with Crippen LogP contribution in [-0.2, 0) is 6.42 Å². The predicted molar refractivity (Wildman–Crippen MR) is 85.3 cm³/mol. The van der Waals surface area contributed by atoms with E-state index in [1.165, 1.54) is 5.56 Å². The SMILES string of the molecule is Nc1ccc(N2CCN(CCc3ccccc3)C2=O)cc1.